The minimum absolute atomic E-state index is 0.0260. The molecule has 0 fully saturated rings. The molecule has 0 aliphatic rings. The predicted octanol–water partition coefficient (Wildman–Crippen LogP) is 3.94. The lowest BCUT2D eigenvalue weighted by Crippen LogP contribution is -2.17. The zero-order chi connectivity index (χ0) is 13.8. The highest BCUT2D eigenvalue weighted by Crippen LogP contribution is 2.16. The molecule has 0 heterocycles. The fourth-order valence-corrected chi connectivity index (χ4v) is 1.31. The van der Waals surface area contributed by atoms with Crippen LogP contribution in [0.15, 0.2) is 24.3 Å². The Morgan fingerprint density at radius 2 is 1.72 bits per heavy atom. The van der Waals surface area contributed by atoms with Crippen molar-refractivity contribution in [1.29, 1.82) is 0 Å². The van der Waals surface area contributed by atoms with E-state index in [1.807, 2.05) is 32.9 Å². The van der Waals surface area contributed by atoms with Crippen LogP contribution in [0.4, 0.5) is 0 Å². The van der Waals surface area contributed by atoms with Gasteiger partial charge in [-0.3, -0.25) is 4.89 Å². The molecule has 0 atom stereocenters. The molecule has 1 aromatic carbocycles. The summed E-state index contributed by atoms with van der Waals surface area (Å²) < 4.78 is 0. The Kier molecular flexibility index (Phi) is 4.91. The highest BCUT2D eigenvalue weighted by molar-refractivity contribution is 5.88. The molecule has 0 amide bonds. The summed E-state index contributed by atoms with van der Waals surface area (Å²) in [6, 6.07) is 7.40. The van der Waals surface area contributed by atoms with E-state index in [9.17, 15) is 4.79 Å². The Morgan fingerprint density at radius 3 is 2.17 bits per heavy atom. The molecule has 0 aromatic heterocycles. The number of carbonyl (C=O) groups is 1. The van der Waals surface area contributed by atoms with Gasteiger partial charge < -0.3 is 0 Å². The van der Waals surface area contributed by atoms with Gasteiger partial charge >= 0.3 is 5.97 Å². The first-order chi connectivity index (χ1) is 8.29. The maximum absolute atomic E-state index is 11.7. The first-order valence-electron chi connectivity index (χ1n) is 6.23. The molecule has 0 saturated carbocycles. The minimum atomic E-state index is -0.449. The summed E-state index contributed by atoms with van der Waals surface area (Å²) in [5.74, 6) is 0.00164. The van der Waals surface area contributed by atoms with Crippen LogP contribution in [0.2, 0.25) is 0 Å². The largest absolute Gasteiger partial charge is 0.373 e. The van der Waals surface area contributed by atoms with Crippen LogP contribution in [0.3, 0.4) is 0 Å². The van der Waals surface area contributed by atoms with E-state index in [2.05, 4.69) is 13.8 Å². The van der Waals surface area contributed by atoms with E-state index in [0.717, 1.165) is 0 Å². The lowest BCUT2D eigenvalue weighted by atomic mass is 9.99. The summed E-state index contributed by atoms with van der Waals surface area (Å²) >= 11 is 0. The van der Waals surface area contributed by atoms with Crippen LogP contribution < -0.4 is 0 Å². The van der Waals surface area contributed by atoms with Gasteiger partial charge in [-0.15, -0.1) is 0 Å². The topological polar surface area (TPSA) is 35.5 Å². The van der Waals surface area contributed by atoms with E-state index in [1.165, 1.54) is 5.56 Å². The van der Waals surface area contributed by atoms with E-state index in [-0.39, 0.29) is 5.41 Å². The van der Waals surface area contributed by atoms with Gasteiger partial charge in [0.25, 0.3) is 0 Å². The zero-order valence-corrected chi connectivity index (χ0v) is 11.8. The first-order valence-corrected chi connectivity index (χ1v) is 6.23. The third kappa shape index (κ3) is 4.88. The van der Waals surface area contributed by atoms with Gasteiger partial charge in [-0.2, -0.15) is 4.89 Å². The second-order valence-electron chi connectivity index (χ2n) is 5.97. The Bertz CT molecular complexity index is 385. The number of hydrogen-bond donors (Lipinski definition) is 0. The van der Waals surface area contributed by atoms with E-state index < -0.39 is 5.97 Å². The quantitative estimate of drug-likeness (QED) is 0.599. The van der Waals surface area contributed by atoms with E-state index in [1.54, 1.807) is 12.1 Å². The third-order valence-electron chi connectivity index (χ3n) is 2.44. The molecule has 0 radical (unpaired) electrons. The number of hydrogen-bond acceptors (Lipinski definition) is 3. The van der Waals surface area contributed by atoms with Crippen molar-refractivity contribution in [1.82, 2.24) is 0 Å². The molecule has 3 nitrogen and oxygen atoms in total. The van der Waals surface area contributed by atoms with Crippen LogP contribution in [0.25, 0.3) is 0 Å². The average molecular weight is 250 g/mol. The molecule has 0 unspecified atom stereocenters. The van der Waals surface area contributed by atoms with Crippen molar-refractivity contribution in [3.63, 3.8) is 0 Å². The second kappa shape index (κ2) is 6.01. The molecular formula is C15H22O3. The van der Waals surface area contributed by atoms with Gasteiger partial charge in [0.05, 0.1) is 12.2 Å². The van der Waals surface area contributed by atoms with Crippen molar-refractivity contribution in [2.24, 2.45) is 5.41 Å². The molecule has 0 saturated heterocycles. The molecular weight excluding hydrogens is 228 g/mol. The molecule has 100 valence electrons. The van der Waals surface area contributed by atoms with Crippen LogP contribution in [-0.4, -0.2) is 12.6 Å². The number of rotatable bonds is 4. The average Bonchev–Trinajstić information content (AvgIpc) is 2.27. The van der Waals surface area contributed by atoms with Crippen molar-refractivity contribution in [2.75, 3.05) is 6.61 Å². The smallest absolute Gasteiger partial charge is 0.293 e. The third-order valence-corrected chi connectivity index (χ3v) is 2.44. The fourth-order valence-electron chi connectivity index (χ4n) is 1.31. The summed E-state index contributed by atoms with van der Waals surface area (Å²) in [6.07, 6.45) is 0. The monoisotopic (exact) mass is 250 g/mol. The summed E-state index contributed by atoms with van der Waals surface area (Å²) in [5.41, 5.74) is 1.68. The van der Waals surface area contributed by atoms with E-state index in [4.69, 9.17) is 9.78 Å². The van der Waals surface area contributed by atoms with Crippen molar-refractivity contribution in [3.8, 4) is 0 Å². The van der Waals surface area contributed by atoms with Gasteiger partial charge in [0.1, 0.15) is 0 Å². The van der Waals surface area contributed by atoms with Crippen molar-refractivity contribution >= 4 is 5.97 Å². The van der Waals surface area contributed by atoms with Crippen LogP contribution in [0, 0.1) is 5.41 Å². The summed E-state index contributed by atoms with van der Waals surface area (Å²) in [7, 11) is 0. The molecule has 0 spiro atoms. The fraction of sp³-hybridized carbons (Fsp3) is 0.533. The van der Waals surface area contributed by atoms with Gasteiger partial charge in [0.2, 0.25) is 0 Å². The van der Waals surface area contributed by atoms with Gasteiger partial charge in [-0.25, -0.2) is 4.79 Å². The summed E-state index contributed by atoms with van der Waals surface area (Å²) in [6.45, 7) is 10.6. The van der Waals surface area contributed by atoms with Crippen LogP contribution in [0.1, 0.15) is 56.5 Å². The van der Waals surface area contributed by atoms with E-state index in [0.29, 0.717) is 18.1 Å². The maximum Gasteiger partial charge on any atom is 0.373 e. The normalized spacial score (nSPS) is 11.7. The standard InChI is InChI=1S/C15H22O3/c1-11(2)12-6-8-13(9-7-12)14(16)18-17-10-15(3,4)5/h6-9,11H,10H2,1-5H3. The lowest BCUT2D eigenvalue weighted by Gasteiger charge is -2.16. The first kappa shape index (κ1) is 14.7. The summed E-state index contributed by atoms with van der Waals surface area (Å²) in [5, 5.41) is 0. The highest BCUT2D eigenvalue weighted by atomic mass is 17.2. The van der Waals surface area contributed by atoms with Crippen molar-refractivity contribution in [3.05, 3.63) is 35.4 Å². The number of benzene rings is 1. The Labute approximate surface area is 109 Å². The van der Waals surface area contributed by atoms with Gasteiger partial charge in [-0.05, 0) is 29.0 Å². The minimum Gasteiger partial charge on any atom is -0.293 e. The Morgan fingerprint density at radius 1 is 1.17 bits per heavy atom. The molecule has 18 heavy (non-hydrogen) atoms. The van der Waals surface area contributed by atoms with Crippen molar-refractivity contribution in [2.45, 2.75) is 40.5 Å². The van der Waals surface area contributed by atoms with Crippen molar-refractivity contribution < 1.29 is 14.6 Å². The molecule has 0 aliphatic carbocycles. The Hall–Kier alpha value is -1.35. The van der Waals surface area contributed by atoms with Crippen LogP contribution in [-0.2, 0) is 9.78 Å². The van der Waals surface area contributed by atoms with Gasteiger partial charge in [0.15, 0.2) is 0 Å². The van der Waals surface area contributed by atoms with E-state index >= 15 is 0 Å². The molecule has 0 bridgehead atoms. The Balaban J connectivity index is 2.52. The van der Waals surface area contributed by atoms with Crippen LogP contribution >= 0.6 is 0 Å². The molecule has 0 aliphatic heterocycles. The van der Waals surface area contributed by atoms with Crippen LogP contribution in [0.5, 0.6) is 0 Å². The van der Waals surface area contributed by atoms with Gasteiger partial charge in [-0.1, -0.05) is 46.8 Å². The summed E-state index contributed by atoms with van der Waals surface area (Å²) in [4.78, 5) is 21.4. The molecule has 1 rings (SSSR count). The lowest BCUT2D eigenvalue weighted by molar-refractivity contribution is -0.255. The molecule has 1 aromatic rings. The zero-order valence-electron chi connectivity index (χ0n) is 11.8. The number of carbonyl (C=O) groups excluding carboxylic acids is 1. The molecule has 0 N–H and O–H groups in total. The van der Waals surface area contributed by atoms with Gasteiger partial charge in [0, 0.05) is 0 Å². The SMILES string of the molecule is CC(C)c1ccc(C(=O)OOCC(C)(C)C)cc1. The highest BCUT2D eigenvalue weighted by Gasteiger charge is 2.14. The molecule has 3 heteroatoms. The maximum atomic E-state index is 11.7. The second-order valence-corrected chi connectivity index (χ2v) is 5.97. The predicted molar refractivity (Wildman–Crippen MR) is 71.4 cm³/mol.